The molecule has 2 aromatic rings. The molecule has 0 saturated carbocycles. The number of carbonyl (C=O) groups excluding carboxylic acids is 1. The Hall–Kier alpha value is -2.83. The Morgan fingerprint density at radius 3 is 3.00 bits per heavy atom. The van der Waals surface area contributed by atoms with Crippen molar-refractivity contribution in [3.8, 4) is 0 Å². The third-order valence-electron chi connectivity index (χ3n) is 3.80. The van der Waals surface area contributed by atoms with Gasteiger partial charge in [-0.15, -0.1) is 0 Å². The van der Waals surface area contributed by atoms with Crippen LogP contribution >= 0.6 is 0 Å². The summed E-state index contributed by atoms with van der Waals surface area (Å²) in [5, 5.41) is 16.5. The van der Waals surface area contributed by atoms with Gasteiger partial charge in [0.1, 0.15) is 5.82 Å². The zero-order valence-corrected chi connectivity index (χ0v) is 13.2. The minimum atomic E-state index is -0.280. The number of carbonyl (C=O) groups is 1. The second-order valence-electron chi connectivity index (χ2n) is 5.44. The first-order valence-corrected chi connectivity index (χ1v) is 7.63. The zero-order valence-electron chi connectivity index (χ0n) is 13.2. The molecular formula is C16H20N6O. The van der Waals surface area contributed by atoms with Crippen molar-refractivity contribution in [2.24, 2.45) is 0 Å². The fraction of sp³-hybridized carbons (Fsp3) is 0.312. The summed E-state index contributed by atoms with van der Waals surface area (Å²) in [5.74, 6) is 1.20. The molecule has 0 spiro atoms. The van der Waals surface area contributed by atoms with Crippen LogP contribution in [0, 0.1) is 0 Å². The maximum absolute atomic E-state index is 12.1. The predicted molar refractivity (Wildman–Crippen MR) is 91.5 cm³/mol. The van der Waals surface area contributed by atoms with E-state index >= 15 is 0 Å². The van der Waals surface area contributed by atoms with Gasteiger partial charge < -0.3 is 10.6 Å². The highest BCUT2D eigenvalue weighted by molar-refractivity contribution is 5.94. The Morgan fingerprint density at radius 1 is 1.39 bits per heavy atom. The highest BCUT2D eigenvalue weighted by atomic mass is 16.2. The van der Waals surface area contributed by atoms with Crippen molar-refractivity contribution in [2.45, 2.75) is 25.8 Å². The quantitative estimate of drug-likeness (QED) is 0.698. The number of hydrogen-bond acceptors (Lipinski definition) is 4. The molecule has 2 aromatic heterocycles. The number of rotatable bonds is 4. The molecule has 4 N–H and O–H groups in total. The first-order valence-electron chi connectivity index (χ1n) is 7.63. The molecule has 1 aliphatic carbocycles. The van der Waals surface area contributed by atoms with Gasteiger partial charge in [-0.2, -0.15) is 5.10 Å². The maximum Gasteiger partial charge on any atom is 0.320 e. The van der Waals surface area contributed by atoms with Gasteiger partial charge in [0.15, 0.2) is 5.82 Å². The number of nitrogens with zero attached hydrogens (tertiary/aromatic N) is 2. The summed E-state index contributed by atoms with van der Waals surface area (Å²) in [6.45, 7) is 1.96. The van der Waals surface area contributed by atoms with Crippen molar-refractivity contribution in [1.82, 2.24) is 20.5 Å². The molecule has 0 aliphatic heterocycles. The Morgan fingerprint density at radius 2 is 2.26 bits per heavy atom. The van der Waals surface area contributed by atoms with Crippen molar-refractivity contribution in [3.63, 3.8) is 0 Å². The van der Waals surface area contributed by atoms with Gasteiger partial charge >= 0.3 is 6.03 Å². The standard InChI is InChI=1S/C16H20N6O/c1-10(11-6-4-3-5-7-11)19-16(23)20-14-8-13-12(9-18-14)15(17-2)22-21-13/h4,6-10H,3,5H2,1-2H3,(H2,17,21,22)(H2,18,19,20,23). The number of aromatic amines is 1. The van der Waals surface area contributed by atoms with E-state index in [9.17, 15) is 4.79 Å². The number of anilines is 2. The molecule has 7 heteroatoms. The van der Waals surface area contributed by atoms with Crippen LogP contribution in [0.15, 0.2) is 36.1 Å². The lowest BCUT2D eigenvalue weighted by molar-refractivity contribution is 0.250. The number of pyridine rings is 1. The van der Waals surface area contributed by atoms with Gasteiger partial charge in [0, 0.05) is 19.3 Å². The Bertz CT molecular complexity index is 776. The Balaban J connectivity index is 1.65. The van der Waals surface area contributed by atoms with Gasteiger partial charge in [-0.05, 0) is 25.3 Å². The first-order chi connectivity index (χ1) is 11.2. The van der Waals surface area contributed by atoms with Gasteiger partial charge in [-0.3, -0.25) is 10.4 Å². The smallest absolute Gasteiger partial charge is 0.320 e. The lowest BCUT2D eigenvalue weighted by Crippen LogP contribution is -2.37. The average molecular weight is 312 g/mol. The highest BCUT2D eigenvalue weighted by Crippen LogP contribution is 2.21. The van der Waals surface area contributed by atoms with E-state index in [0.717, 1.165) is 35.1 Å². The monoisotopic (exact) mass is 312 g/mol. The van der Waals surface area contributed by atoms with Crippen molar-refractivity contribution < 1.29 is 4.79 Å². The third kappa shape index (κ3) is 3.33. The summed E-state index contributed by atoms with van der Waals surface area (Å²) >= 11 is 0. The van der Waals surface area contributed by atoms with Crippen LogP contribution in [-0.2, 0) is 0 Å². The van der Waals surface area contributed by atoms with Gasteiger partial charge in [-0.25, -0.2) is 9.78 Å². The number of H-pyrrole nitrogens is 1. The highest BCUT2D eigenvalue weighted by Gasteiger charge is 2.12. The molecule has 23 heavy (non-hydrogen) atoms. The molecule has 0 saturated heterocycles. The molecule has 120 valence electrons. The molecule has 2 amide bonds. The first kappa shape index (κ1) is 15.1. The van der Waals surface area contributed by atoms with Crippen LogP contribution in [0.1, 0.15) is 19.8 Å². The average Bonchev–Trinajstić information content (AvgIpc) is 2.97. The molecule has 1 unspecified atom stereocenters. The van der Waals surface area contributed by atoms with E-state index in [1.165, 1.54) is 0 Å². The normalized spacial score (nSPS) is 15.1. The summed E-state index contributed by atoms with van der Waals surface area (Å²) in [5.41, 5.74) is 1.94. The predicted octanol–water partition coefficient (Wildman–Crippen LogP) is 2.79. The van der Waals surface area contributed by atoms with Crippen LogP contribution < -0.4 is 16.0 Å². The van der Waals surface area contributed by atoms with Crippen LogP contribution in [0.3, 0.4) is 0 Å². The lowest BCUT2D eigenvalue weighted by Gasteiger charge is -2.17. The second-order valence-corrected chi connectivity index (χ2v) is 5.44. The van der Waals surface area contributed by atoms with Crippen molar-refractivity contribution in [3.05, 3.63) is 36.1 Å². The molecular weight excluding hydrogens is 292 g/mol. The topological polar surface area (TPSA) is 94.7 Å². The molecule has 0 aromatic carbocycles. The molecule has 1 atom stereocenters. The van der Waals surface area contributed by atoms with E-state index in [1.54, 1.807) is 19.3 Å². The van der Waals surface area contributed by atoms with Gasteiger partial charge in [0.2, 0.25) is 0 Å². The minimum Gasteiger partial charge on any atom is -0.371 e. The molecule has 0 fully saturated rings. The largest absolute Gasteiger partial charge is 0.371 e. The Labute approximate surface area is 134 Å². The number of hydrogen-bond donors (Lipinski definition) is 4. The molecule has 0 radical (unpaired) electrons. The molecule has 3 rings (SSSR count). The third-order valence-corrected chi connectivity index (χ3v) is 3.80. The second kappa shape index (κ2) is 6.51. The summed E-state index contributed by atoms with van der Waals surface area (Å²) < 4.78 is 0. The van der Waals surface area contributed by atoms with E-state index in [4.69, 9.17) is 0 Å². The molecule has 2 heterocycles. The van der Waals surface area contributed by atoms with Gasteiger partial charge in [0.25, 0.3) is 0 Å². The summed E-state index contributed by atoms with van der Waals surface area (Å²) in [6, 6.07) is 1.43. The fourth-order valence-corrected chi connectivity index (χ4v) is 2.56. The minimum absolute atomic E-state index is 0.0432. The van der Waals surface area contributed by atoms with E-state index in [2.05, 4.69) is 49.4 Å². The van der Waals surface area contributed by atoms with E-state index in [1.807, 2.05) is 6.92 Å². The van der Waals surface area contributed by atoms with Crippen LogP contribution in [-0.4, -0.2) is 34.3 Å². The van der Waals surface area contributed by atoms with Crippen LogP contribution in [0.5, 0.6) is 0 Å². The van der Waals surface area contributed by atoms with E-state index in [-0.39, 0.29) is 12.1 Å². The van der Waals surface area contributed by atoms with E-state index in [0.29, 0.717) is 5.82 Å². The molecule has 1 aliphatic rings. The number of amides is 2. The van der Waals surface area contributed by atoms with E-state index < -0.39 is 0 Å². The maximum atomic E-state index is 12.1. The van der Waals surface area contributed by atoms with Crippen LogP contribution in [0.4, 0.5) is 16.4 Å². The number of urea groups is 1. The molecule has 7 nitrogen and oxygen atoms in total. The molecule has 0 bridgehead atoms. The van der Waals surface area contributed by atoms with Crippen LogP contribution in [0.2, 0.25) is 0 Å². The number of nitrogens with one attached hydrogen (secondary N) is 4. The summed E-state index contributed by atoms with van der Waals surface area (Å²) in [4.78, 5) is 16.4. The Kier molecular flexibility index (Phi) is 4.27. The number of allylic oxidation sites excluding steroid dienone is 2. The van der Waals surface area contributed by atoms with Gasteiger partial charge in [0.05, 0.1) is 16.9 Å². The van der Waals surface area contributed by atoms with Crippen molar-refractivity contribution in [1.29, 1.82) is 0 Å². The van der Waals surface area contributed by atoms with Crippen molar-refractivity contribution >= 4 is 28.6 Å². The number of fused-ring (bicyclic) bond motifs is 1. The SMILES string of the molecule is CNc1n[nH]c2cc(NC(=O)NC(C)C3=CCCC=C3)ncc12. The summed E-state index contributed by atoms with van der Waals surface area (Å²) in [7, 11) is 1.80. The number of aromatic nitrogens is 3. The lowest BCUT2D eigenvalue weighted by atomic mass is 10.0. The fourth-order valence-electron chi connectivity index (χ4n) is 2.56. The van der Waals surface area contributed by atoms with Crippen LogP contribution in [0.25, 0.3) is 10.9 Å². The van der Waals surface area contributed by atoms with Gasteiger partial charge in [-0.1, -0.05) is 18.2 Å². The van der Waals surface area contributed by atoms with Crippen molar-refractivity contribution in [2.75, 3.05) is 17.7 Å². The summed E-state index contributed by atoms with van der Waals surface area (Å²) in [6.07, 6.45) is 10.1. The zero-order chi connectivity index (χ0) is 16.2.